The summed E-state index contributed by atoms with van der Waals surface area (Å²) in [5.41, 5.74) is 1.19. The smallest absolute Gasteiger partial charge is 0.389 e. The number of fused-ring (bicyclic) bond motifs is 1. The predicted octanol–water partition coefficient (Wildman–Crippen LogP) is 5.19. The van der Waals surface area contributed by atoms with E-state index in [4.69, 9.17) is 4.42 Å². The summed E-state index contributed by atoms with van der Waals surface area (Å²) in [4.78, 5) is 25.2. The van der Waals surface area contributed by atoms with Crippen LogP contribution in [-0.4, -0.2) is 33.6 Å². The maximum atomic E-state index is 12.6. The second kappa shape index (κ2) is 8.04. The molecule has 0 atom stereocenters. The molecule has 0 aliphatic rings. The number of alkyl halides is 3. The van der Waals surface area contributed by atoms with Crippen LogP contribution in [0.3, 0.4) is 0 Å². The molecular formula is C19H23F3N4O2. The van der Waals surface area contributed by atoms with Gasteiger partial charge in [0.2, 0.25) is 11.8 Å². The van der Waals surface area contributed by atoms with Crippen molar-refractivity contribution in [2.75, 3.05) is 11.4 Å². The summed E-state index contributed by atoms with van der Waals surface area (Å²) >= 11 is 0. The third kappa shape index (κ3) is 4.71. The van der Waals surface area contributed by atoms with Gasteiger partial charge in [0.05, 0.1) is 0 Å². The van der Waals surface area contributed by atoms with Crippen molar-refractivity contribution in [2.24, 2.45) is 5.92 Å². The highest BCUT2D eigenvalue weighted by Gasteiger charge is 2.28. The molecule has 0 radical (unpaired) electrons. The van der Waals surface area contributed by atoms with E-state index in [1.165, 1.54) is 11.2 Å². The molecule has 3 heterocycles. The highest BCUT2D eigenvalue weighted by molar-refractivity contribution is 5.93. The minimum Gasteiger partial charge on any atom is -0.438 e. The van der Waals surface area contributed by atoms with Crippen LogP contribution in [0.5, 0.6) is 0 Å². The Bertz CT molecular complexity index is 952. The number of halogens is 3. The first kappa shape index (κ1) is 19.9. The molecule has 3 aromatic rings. The van der Waals surface area contributed by atoms with Gasteiger partial charge < -0.3 is 9.40 Å². The van der Waals surface area contributed by atoms with E-state index in [0.29, 0.717) is 17.1 Å². The zero-order valence-corrected chi connectivity index (χ0v) is 15.6. The Morgan fingerprint density at radius 2 is 2.07 bits per heavy atom. The van der Waals surface area contributed by atoms with Gasteiger partial charge in [0.15, 0.2) is 5.76 Å². The molecule has 152 valence electrons. The van der Waals surface area contributed by atoms with Crippen LogP contribution in [-0.2, 0) is 4.79 Å². The molecule has 6 nitrogen and oxygen atoms in total. The van der Waals surface area contributed by atoms with Gasteiger partial charge in [-0.15, -0.1) is 0 Å². The van der Waals surface area contributed by atoms with Gasteiger partial charge in [-0.1, -0.05) is 13.8 Å². The van der Waals surface area contributed by atoms with Crippen LogP contribution in [0.4, 0.5) is 19.1 Å². The first-order valence-corrected chi connectivity index (χ1v) is 9.00. The van der Waals surface area contributed by atoms with Crippen molar-refractivity contribution in [1.82, 2.24) is 15.0 Å². The Labute approximate surface area is 161 Å². The van der Waals surface area contributed by atoms with Crippen molar-refractivity contribution >= 4 is 22.8 Å². The quantitative estimate of drug-likeness (QED) is 0.597. The van der Waals surface area contributed by atoms with Gasteiger partial charge in [0, 0.05) is 38.5 Å². The first-order valence-electron chi connectivity index (χ1n) is 9.00. The van der Waals surface area contributed by atoms with E-state index in [2.05, 4.69) is 15.0 Å². The van der Waals surface area contributed by atoms with Crippen molar-refractivity contribution in [3.63, 3.8) is 0 Å². The van der Waals surface area contributed by atoms with E-state index in [1.807, 2.05) is 13.8 Å². The molecule has 9 heteroatoms. The summed E-state index contributed by atoms with van der Waals surface area (Å²) in [6.45, 7) is 3.69. The van der Waals surface area contributed by atoms with Crippen LogP contribution >= 0.6 is 0 Å². The number of nitrogens with zero attached hydrogens (tertiary/aromatic N) is 3. The van der Waals surface area contributed by atoms with Crippen LogP contribution in [0.1, 0.15) is 34.5 Å². The molecule has 0 aromatic carbocycles. The molecule has 0 aliphatic heterocycles. The standard InChI is InChI=1S/C19H21F3N4O2.H2/c1-12(2)10-15(27)26(9-3-7-19(20,21)22)16-5-4-14(28-16)17-13-6-8-23-18(13)25-11-24-17;/h4-6,8,11-12H,3,7,9-10H2,1-2H3,(H,23,24,25);1H. The number of carbonyl (C=O) groups excluding carboxylic acids is 1. The third-order valence-corrected chi connectivity index (χ3v) is 4.17. The number of hydrogen-bond donors (Lipinski definition) is 1. The number of rotatable bonds is 7. The Hall–Kier alpha value is -2.84. The first-order chi connectivity index (χ1) is 13.2. The number of hydrogen-bond acceptors (Lipinski definition) is 4. The molecule has 0 unspecified atom stereocenters. The van der Waals surface area contributed by atoms with Gasteiger partial charge in [0.1, 0.15) is 17.7 Å². The number of carbonyl (C=O) groups is 1. The van der Waals surface area contributed by atoms with E-state index >= 15 is 0 Å². The number of amides is 1. The third-order valence-electron chi connectivity index (χ3n) is 4.17. The molecule has 1 N–H and O–H groups in total. The highest BCUT2D eigenvalue weighted by atomic mass is 19.4. The molecule has 1 amide bonds. The average Bonchev–Trinajstić information content (AvgIpc) is 3.26. The summed E-state index contributed by atoms with van der Waals surface area (Å²) in [6.07, 6.45) is -2.08. The maximum absolute atomic E-state index is 12.6. The molecule has 0 fully saturated rings. The molecule has 3 rings (SSSR count). The van der Waals surface area contributed by atoms with Crippen molar-refractivity contribution < 1.29 is 23.8 Å². The van der Waals surface area contributed by atoms with Gasteiger partial charge in [-0.05, 0) is 24.5 Å². The van der Waals surface area contributed by atoms with Crippen LogP contribution in [0.2, 0.25) is 0 Å². The second-order valence-electron chi connectivity index (χ2n) is 6.96. The molecule has 0 saturated heterocycles. The van der Waals surface area contributed by atoms with E-state index in [-0.39, 0.29) is 38.5 Å². The lowest BCUT2D eigenvalue weighted by atomic mass is 10.1. The fraction of sp³-hybridized carbons (Fsp3) is 0.421. The minimum absolute atomic E-state index is 0. The monoisotopic (exact) mass is 396 g/mol. The van der Waals surface area contributed by atoms with E-state index in [9.17, 15) is 18.0 Å². The summed E-state index contributed by atoms with van der Waals surface area (Å²) in [7, 11) is 0. The lowest BCUT2D eigenvalue weighted by molar-refractivity contribution is -0.135. The lowest BCUT2D eigenvalue weighted by Gasteiger charge is -2.21. The van der Waals surface area contributed by atoms with Gasteiger partial charge in [-0.2, -0.15) is 13.2 Å². The molecule has 0 aliphatic carbocycles. The minimum atomic E-state index is -4.26. The summed E-state index contributed by atoms with van der Waals surface area (Å²) in [6, 6.07) is 5.04. The SMILES string of the molecule is CC(C)CC(=O)N(CCCC(F)(F)F)c1ccc(-c2ncnc3[nH]ccc23)o1.[HH]. The van der Waals surface area contributed by atoms with Crippen molar-refractivity contribution in [1.29, 1.82) is 0 Å². The fourth-order valence-corrected chi connectivity index (χ4v) is 2.92. The summed E-state index contributed by atoms with van der Waals surface area (Å²) < 4.78 is 43.4. The average molecular weight is 396 g/mol. The lowest BCUT2D eigenvalue weighted by Crippen LogP contribution is -2.33. The topological polar surface area (TPSA) is 75.0 Å². The molecule has 0 saturated carbocycles. The van der Waals surface area contributed by atoms with Crippen LogP contribution in [0.15, 0.2) is 35.1 Å². The Kier molecular flexibility index (Phi) is 5.71. The summed E-state index contributed by atoms with van der Waals surface area (Å²) in [5, 5.41) is 0.750. The molecule has 0 bridgehead atoms. The number of aromatic nitrogens is 3. The van der Waals surface area contributed by atoms with Gasteiger partial charge in [-0.25, -0.2) is 9.97 Å². The van der Waals surface area contributed by atoms with E-state index in [1.54, 1.807) is 24.4 Å². The van der Waals surface area contributed by atoms with Gasteiger partial charge in [0.25, 0.3) is 0 Å². The highest BCUT2D eigenvalue weighted by Crippen LogP contribution is 2.31. The molecule has 0 spiro atoms. The Morgan fingerprint density at radius 1 is 1.29 bits per heavy atom. The molecule has 3 aromatic heterocycles. The number of furan rings is 1. The normalized spacial score (nSPS) is 12.1. The number of nitrogens with one attached hydrogen (secondary N) is 1. The molecular weight excluding hydrogens is 373 g/mol. The zero-order valence-electron chi connectivity index (χ0n) is 15.6. The fourth-order valence-electron chi connectivity index (χ4n) is 2.92. The number of anilines is 1. The van der Waals surface area contributed by atoms with Crippen LogP contribution in [0.25, 0.3) is 22.5 Å². The Balaban J connectivity index is 0.00000300. The summed E-state index contributed by atoms with van der Waals surface area (Å²) in [5.74, 6) is 0.436. The zero-order chi connectivity index (χ0) is 20.3. The number of H-pyrrole nitrogens is 1. The molecule has 28 heavy (non-hydrogen) atoms. The maximum Gasteiger partial charge on any atom is 0.389 e. The van der Waals surface area contributed by atoms with E-state index in [0.717, 1.165) is 5.39 Å². The van der Waals surface area contributed by atoms with Crippen molar-refractivity contribution in [2.45, 2.75) is 39.3 Å². The predicted molar refractivity (Wildman–Crippen MR) is 101 cm³/mol. The van der Waals surface area contributed by atoms with Crippen molar-refractivity contribution in [3.05, 3.63) is 30.7 Å². The Morgan fingerprint density at radius 3 is 2.79 bits per heavy atom. The van der Waals surface area contributed by atoms with Crippen LogP contribution in [0, 0.1) is 5.92 Å². The van der Waals surface area contributed by atoms with Crippen LogP contribution < -0.4 is 4.90 Å². The van der Waals surface area contributed by atoms with E-state index < -0.39 is 12.6 Å². The second-order valence-corrected chi connectivity index (χ2v) is 6.96. The number of aromatic amines is 1. The van der Waals surface area contributed by atoms with Crippen molar-refractivity contribution in [3.8, 4) is 11.5 Å². The van der Waals surface area contributed by atoms with Gasteiger partial charge in [-0.3, -0.25) is 9.69 Å². The van der Waals surface area contributed by atoms with Gasteiger partial charge >= 0.3 is 6.18 Å². The largest absolute Gasteiger partial charge is 0.438 e.